The van der Waals surface area contributed by atoms with Crippen LogP contribution in [0.1, 0.15) is 16.7 Å². The van der Waals surface area contributed by atoms with Crippen molar-refractivity contribution in [2.75, 3.05) is 18.5 Å². The van der Waals surface area contributed by atoms with Crippen molar-refractivity contribution >= 4 is 39.6 Å². The molecule has 1 amide bonds. The number of amides is 1. The van der Waals surface area contributed by atoms with Gasteiger partial charge >= 0.3 is 11.7 Å². The Balaban J connectivity index is 0.000000214. The molecule has 7 nitrogen and oxygen atoms in total. The Kier molecular flexibility index (Phi) is 7.70. The van der Waals surface area contributed by atoms with Gasteiger partial charge in [-0.15, -0.1) is 0 Å². The van der Waals surface area contributed by atoms with Crippen LogP contribution in [0.15, 0.2) is 106 Å². The number of nitrogens with one attached hydrogen (secondary N) is 1. The van der Waals surface area contributed by atoms with Gasteiger partial charge in [0.15, 0.2) is 0 Å². The Hall–Kier alpha value is -4.88. The van der Waals surface area contributed by atoms with Gasteiger partial charge in [0.25, 0.3) is 0 Å². The lowest BCUT2D eigenvalue weighted by atomic mass is 10.1. The van der Waals surface area contributed by atoms with Crippen molar-refractivity contribution in [3.8, 4) is 5.75 Å². The lowest BCUT2D eigenvalue weighted by Crippen LogP contribution is -2.13. The van der Waals surface area contributed by atoms with Gasteiger partial charge in [0, 0.05) is 28.8 Å². The highest BCUT2D eigenvalue weighted by Crippen LogP contribution is 2.25. The van der Waals surface area contributed by atoms with E-state index >= 15 is 0 Å². The molecule has 0 bridgehead atoms. The molecule has 1 aromatic heterocycles. The second kappa shape index (κ2) is 11.7. The van der Waals surface area contributed by atoms with E-state index in [1.165, 1.54) is 6.07 Å². The molecule has 196 valence electrons. The molecule has 7 heteroatoms. The smallest absolute Gasteiger partial charge is 0.411 e. The number of para-hydroxylation sites is 1. The normalized spacial score (nSPS) is 12.0. The minimum Gasteiger partial charge on any atom is -0.489 e. The molecule has 6 rings (SSSR count). The summed E-state index contributed by atoms with van der Waals surface area (Å²) in [6.45, 7) is 2.59. The third-order valence-corrected chi connectivity index (χ3v) is 6.28. The summed E-state index contributed by atoms with van der Waals surface area (Å²) in [6.07, 6.45) is 1.40. The van der Waals surface area contributed by atoms with Crippen molar-refractivity contribution in [3.05, 3.63) is 124 Å². The van der Waals surface area contributed by atoms with Gasteiger partial charge in [-0.3, -0.25) is 5.32 Å². The highest BCUT2D eigenvalue weighted by Gasteiger charge is 2.09. The zero-order valence-corrected chi connectivity index (χ0v) is 21.3. The Morgan fingerprint density at radius 1 is 0.949 bits per heavy atom. The zero-order valence-electron chi connectivity index (χ0n) is 21.3. The monoisotopic (exact) mass is 521 g/mol. The number of fused-ring (bicyclic) bond motifs is 3. The first kappa shape index (κ1) is 25.8. The number of hydrogen-bond acceptors (Lipinski definition) is 6. The van der Waals surface area contributed by atoms with Crippen molar-refractivity contribution in [2.24, 2.45) is 0 Å². The molecule has 0 fully saturated rings. The van der Waals surface area contributed by atoms with E-state index in [0.717, 1.165) is 44.2 Å². The number of aliphatic hydroxyl groups excluding tert-OH is 1. The lowest BCUT2D eigenvalue weighted by molar-refractivity contribution is 0.155. The molecule has 0 unspecified atom stereocenters. The van der Waals surface area contributed by atoms with Crippen LogP contribution in [0.25, 0.3) is 27.8 Å². The van der Waals surface area contributed by atoms with E-state index in [1.54, 1.807) is 18.2 Å². The fourth-order valence-electron chi connectivity index (χ4n) is 4.29. The number of hydrogen-bond donors (Lipinski definition) is 2. The Morgan fingerprint density at radius 3 is 2.59 bits per heavy atom. The highest BCUT2D eigenvalue weighted by atomic mass is 16.5. The molecule has 0 atom stereocenters. The van der Waals surface area contributed by atoms with Crippen LogP contribution in [0.4, 0.5) is 10.5 Å². The van der Waals surface area contributed by atoms with Crippen molar-refractivity contribution in [1.82, 2.24) is 0 Å². The van der Waals surface area contributed by atoms with Crippen LogP contribution in [-0.4, -0.2) is 24.4 Å². The van der Waals surface area contributed by atoms with Crippen LogP contribution in [0, 0.1) is 6.92 Å². The highest BCUT2D eigenvalue weighted by molar-refractivity contribution is 5.90. The van der Waals surface area contributed by atoms with E-state index in [9.17, 15) is 9.59 Å². The summed E-state index contributed by atoms with van der Waals surface area (Å²) in [5, 5.41) is 14.6. The maximum atomic E-state index is 12.1. The molecule has 0 radical (unpaired) electrons. The number of carbonyl (C=O) groups excluding carboxylic acids is 1. The third-order valence-electron chi connectivity index (χ3n) is 6.28. The average Bonchev–Trinajstić information content (AvgIpc) is 2.95. The average molecular weight is 522 g/mol. The third kappa shape index (κ3) is 6.34. The minimum atomic E-state index is -0.572. The van der Waals surface area contributed by atoms with Gasteiger partial charge in [0.2, 0.25) is 0 Å². The maximum absolute atomic E-state index is 12.1. The van der Waals surface area contributed by atoms with Gasteiger partial charge in [-0.1, -0.05) is 54.6 Å². The Bertz CT molecular complexity index is 1740. The molecule has 1 aliphatic rings. The molecule has 0 aliphatic carbocycles. The minimum absolute atomic E-state index is 0.0777. The first-order valence-corrected chi connectivity index (χ1v) is 12.5. The Morgan fingerprint density at radius 2 is 1.74 bits per heavy atom. The first-order valence-electron chi connectivity index (χ1n) is 12.5. The second-order valence-electron chi connectivity index (χ2n) is 9.13. The number of rotatable bonds is 4. The summed E-state index contributed by atoms with van der Waals surface area (Å²) in [5.41, 5.74) is 4.21. The van der Waals surface area contributed by atoms with Crippen LogP contribution in [-0.2, 0) is 11.3 Å². The predicted octanol–water partition coefficient (Wildman–Crippen LogP) is 6.46. The standard InChI is InChI=1S/C22H17NO4.C10H10O2/c1-14-10-21(24)27-20-12-18(8-9-19(14)20)23-22(25)26-13-15-6-7-16-4-2-3-5-17(16)11-15;11-6-8-5-9-3-1-2-4-10(9)12-7-8/h2-12H,13H2,1H3,(H,23,25);1-5,11H,6-7H2. The fourth-order valence-corrected chi connectivity index (χ4v) is 4.29. The van der Waals surface area contributed by atoms with Gasteiger partial charge in [0.1, 0.15) is 24.5 Å². The molecule has 0 saturated carbocycles. The summed E-state index contributed by atoms with van der Waals surface area (Å²) < 4.78 is 15.9. The molecular formula is C32H27NO6. The van der Waals surface area contributed by atoms with Crippen LogP contribution in [0.5, 0.6) is 5.75 Å². The van der Waals surface area contributed by atoms with E-state index in [1.807, 2.05) is 79.7 Å². The van der Waals surface area contributed by atoms with Gasteiger partial charge in [-0.05, 0) is 64.7 Å². The number of anilines is 1. The fraction of sp³-hybridized carbons (Fsp3) is 0.125. The quantitative estimate of drug-likeness (QED) is 0.264. The van der Waals surface area contributed by atoms with Crippen LogP contribution in [0.2, 0.25) is 0 Å². The number of carbonyl (C=O) groups is 1. The maximum Gasteiger partial charge on any atom is 0.411 e. The molecule has 39 heavy (non-hydrogen) atoms. The topological polar surface area (TPSA) is 98.0 Å². The van der Waals surface area contributed by atoms with Crippen LogP contribution in [0.3, 0.4) is 0 Å². The predicted molar refractivity (Wildman–Crippen MR) is 152 cm³/mol. The number of aryl methyl sites for hydroxylation is 1. The van der Waals surface area contributed by atoms with Crippen molar-refractivity contribution in [2.45, 2.75) is 13.5 Å². The van der Waals surface area contributed by atoms with Crippen LogP contribution < -0.4 is 15.7 Å². The largest absolute Gasteiger partial charge is 0.489 e. The molecule has 0 spiro atoms. The molecule has 5 aromatic rings. The Labute approximate surface area is 224 Å². The van der Waals surface area contributed by atoms with Crippen molar-refractivity contribution < 1.29 is 23.8 Å². The van der Waals surface area contributed by atoms with Crippen LogP contribution >= 0.6 is 0 Å². The summed E-state index contributed by atoms with van der Waals surface area (Å²) in [5.74, 6) is 0.898. The van der Waals surface area contributed by atoms with Gasteiger partial charge < -0.3 is 19.0 Å². The SMILES string of the molecule is Cc1cc(=O)oc2cc(NC(=O)OCc3ccc4ccccc4c3)ccc12.OCC1=Cc2ccccc2OC1. The number of benzene rings is 4. The summed E-state index contributed by atoms with van der Waals surface area (Å²) in [6, 6.07) is 28.3. The zero-order chi connectivity index (χ0) is 27.2. The summed E-state index contributed by atoms with van der Waals surface area (Å²) in [7, 11) is 0. The lowest BCUT2D eigenvalue weighted by Gasteiger charge is -2.15. The molecule has 1 aliphatic heterocycles. The first-order chi connectivity index (χ1) is 19.0. The van der Waals surface area contributed by atoms with E-state index in [4.69, 9.17) is 19.0 Å². The number of ether oxygens (including phenoxy) is 2. The van der Waals surface area contributed by atoms with E-state index in [0.29, 0.717) is 17.9 Å². The molecule has 2 N–H and O–H groups in total. The summed E-state index contributed by atoms with van der Waals surface area (Å²) >= 11 is 0. The van der Waals surface area contributed by atoms with E-state index in [-0.39, 0.29) is 13.2 Å². The van der Waals surface area contributed by atoms with Crippen molar-refractivity contribution in [1.29, 1.82) is 0 Å². The van der Waals surface area contributed by atoms with Gasteiger partial charge in [0.05, 0.1) is 6.61 Å². The molecular weight excluding hydrogens is 494 g/mol. The van der Waals surface area contributed by atoms with E-state index in [2.05, 4.69) is 5.32 Å². The summed E-state index contributed by atoms with van der Waals surface area (Å²) in [4.78, 5) is 23.6. The molecule has 0 saturated heterocycles. The van der Waals surface area contributed by atoms with Gasteiger partial charge in [-0.25, -0.2) is 9.59 Å². The number of aliphatic hydroxyl groups is 1. The molecule has 2 heterocycles. The van der Waals surface area contributed by atoms with E-state index < -0.39 is 11.7 Å². The molecule has 4 aromatic carbocycles. The van der Waals surface area contributed by atoms with Crippen molar-refractivity contribution in [3.63, 3.8) is 0 Å². The second-order valence-corrected chi connectivity index (χ2v) is 9.13. The van der Waals surface area contributed by atoms with Gasteiger partial charge in [-0.2, -0.15) is 0 Å².